The number of nitrogens with one attached hydrogen (secondary N) is 1. The van der Waals surface area contributed by atoms with Gasteiger partial charge in [-0.2, -0.15) is 5.10 Å². The third-order valence-electron chi connectivity index (χ3n) is 5.31. The van der Waals surface area contributed by atoms with E-state index in [0.717, 1.165) is 10.6 Å². The summed E-state index contributed by atoms with van der Waals surface area (Å²) < 4.78 is 16.3. The van der Waals surface area contributed by atoms with Crippen LogP contribution in [0.2, 0.25) is 0 Å². The van der Waals surface area contributed by atoms with Crippen molar-refractivity contribution in [2.24, 2.45) is 0 Å². The Morgan fingerprint density at radius 2 is 2.04 bits per heavy atom. The quantitative estimate of drug-likeness (QED) is 0.739. The Kier molecular flexibility index (Phi) is 4.58. The Hall–Kier alpha value is -3.23. The van der Waals surface area contributed by atoms with Gasteiger partial charge in [-0.15, -0.1) is 0 Å². The highest BCUT2D eigenvalue weighted by molar-refractivity contribution is 5.80. The van der Waals surface area contributed by atoms with Crippen LogP contribution in [0.25, 0.3) is 10.9 Å². The van der Waals surface area contributed by atoms with Crippen LogP contribution < -0.4 is 11.2 Å². The van der Waals surface area contributed by atoms with Gasteiger partial charge in [0, 0.05) is 31.5 Å². The molecule has 3 aromatic rings. The zero-order valence-corrected chi connectivity index (χ0v) is 15.3. The van der Waals surface area contributed by atoms with E-state index in [1.54, 1.807) is 35.0 Å². The lowest BCUT2D eigenvalue weighted by atomic mass is 10.0. The summed E-state index contributed by atoms with van der Waals surface area (Å²) in [6.45, 7) is 2.65. The minimum Gasteiger partial charge on any atom is -0.341 e. The van der Waals surface area contributed by atoms with Crippen LogP contribution in [0.4, 0.5) is 4.39 Å². The van der Waals surface area contributed by atoms with Crippen LogP contribution in [-0.4, -0.2) is 43.2 Å². The van der Waals surface area contributed by atoms with Crippen molar-refractivity contribution >= 4 is 16.8 Å². The van der Waals surface area contributed by atoms with Gasteiger partial charge in [-0.05, 0) is 44.0 Å². The first-order chi connectivity index (χ1) is 13.5. The maximum absolute atomic E-state index is 13.5. The third-order valence-corrected chi connectivity index (χ3v) is 5.31. The van der Waals surface area contributed by atoms with E-state index in [0.29, 0.717) is 31.4 Å². The second kappa shape index (κ2) is 7.06. The number of nitrogens with zero attached hydrogens (tertiary/aromatic N) is 4. The molecule has 0 spiro atoms. The van der Waals surface area contributed by atoms with Gasteiger partial charge < -0.3 is 9.88 Å². The Labute approximate surface area is 159 Å². The first kappa shape index (κ1) is 18.1. The average molecular weight is 385 g/mol. The third kappa shape index (κ3) is 3.12. The predicted molar refractivity (Wildman–Crippen MR) is 101 cm³/mol. The van der Waals surface area contributed by atoms with Gasteiger partial charge in [-0.1, -0.05) is 0 Å². The number of hydrogen-bond acceptors (Lipinski definition) is 4. The number of amides is 1. The first-order valence-electron chi connectivity index (χ1n) is 9.17. The molecule has 2 aromatic heterocycles. The number of likely N-dealkylation sites (tertiary alicyclic amines) is 1. The molecule has 28 heavy (non-hydrogen) atoms. The summed E-state index contributed by atoms with van der Waals surface area (Å²) in [7, 11) is 0. The van der Waals surface area contributed by atoms with E-state index in [4.69, 9.17) is 0 Å². The SMILES string of the molecule is C[C@H](C(=O)N1CCC(n2c(=O)[nH]c3ccc(F)cc3c2=O)CC1)n1cccn1. The fourth-order valence-corrected chi connectivity index (χ4v) is 3.76. The van der Waals surface area contributed by atoms with Gasteiger partial charge in [-0.3, -0.25) is 18.8 Å². The number of carbonyl (C=O) groups excluding carboxylic acids is 1. The maximum Gasteiger partial charge on any atom is 0.329 e. The summed E-state index contributed by atoms with van der Waals surface area (Å²) in [4.78, 5) is 42.2. The number of halogens is 1. The first-order valence-corrected chi connectivity index (χ1v) is 9.17. The van der Waals surface area contributed by atoms with Gasteiger partial charge >= 0.3 is 5.69 Å². The van der Waals surface area contributed by atoms with Crippen LogP contribution in [0.1, 0.15) is 31.8 Å². The number of rotatable bonds is 3. The second-order valence-corrected chi connectivity index (χ2v) is 7.01. The molecule has 1 aromatic carbocycles. The van der Waals surface area contributed by atoms with Crippen LogP contribution in [0.15, 0.2) is 46.2 Å². The molecule has 0 radical (unpaired) electrons. The van der Waals surface area contributed by atoms with E-state index < -0.39 is 23.1 Å². The van der Waals surface area contributed by atoms with Crippen LogP contribution in [0.3, 0.4) is 0 Å². The fourth-order valence-electron chi connectivity index (χ4n) is 3.76. The summed E-state index contributed by atoms with van der Waals surface area (Å²) in [6.07, 6.45) is 4.31. The highest BCUT2D eigenvalue weighted by Gasteiger charge is 2.29. The smallest absolute Gasteiger partial charge is 0.329 e. The molecule has 1 amide bonds. The van der Waals surface area contributed by atoms with E-state index in [1.165, 1.54) is 12.1 Å². The normalized spacial score (nSPS) is 16.4. The van der Waals surface area contributed by atoms with E-state index in [2.05, 4.69) is 10.1 Å². The molecule has 0 aliphatic carbocycles. The molecule has 0 saturated carbocycles. The number of carbonyl (C=O) groups is 1. The molecule has 1 aliphatic heterocycles. The van der Waals surface area contributed by atoms with Crippen molar-refractivity contribution in [2.45, 2.75) is 31.8 Å². The van der Waals surface area contributed by atoms with E-state index >= 15 is 0 Å². The average Bonchev–Trinajstić information content (AvgIpc) is 3.23. The molecular formula is C19H20FN5O3. The minimum absolute atomic E-state index is 0.0519. The van der Waals surface area contributed by atoms with E-state index in [9.17, 15) is 18.8 Å². The number of fused-ring (bicyclic) bond motifs is 1. The van der Waals surface area contributed by atoms with Crippen LogP contribution in [0, 0.1) is 5.82 Å². The lowest BCUT2D eigenvalue weighted by Crippen LogP contribution is -2.46. The highest BCUT2D eigenvalue weighted by Crippen LogP contribution is 2.22. The van der Waals surface area contributed by atoms with Crippen molar-refractivity contribution in [1.82, 2.24) is 24.2 Å². The molecule has 146 valence electrons. The molecule has 4 rings (SSSR count). The molecule has 1 aliphatic rings. The minimum atomic E-state index is -0.531. The number of aromatic nitrogens is 4. The zero-order valence-electron chi connectivity index (χ0n) is 15.3. The summed E-state index contributed by atoms with van der Waals surface area (Å²) in [5, 5.41) is 4.25. The number of benzene rings is 1. The lowest BCUT2D eigenvalue weighted by Gasteiger charge is -2.34. The highest BCUT2D eigenvalue weighted by atomic mass is 19.1. The van der Waals surface area contributed by atoms with Crippen molar-refractivity contribution < 1.29 is 9.18 Å². The molecule has 8 nitrogen and oxygen atoms in total. The van der Waals surface area contributed by atoms with Crippen molar-refractivity contribution in [1.29, 1.82) is 0 Å². The lowest BCUT2D eigenvalue weighted by molar-refractivity contribution is -0.135. The maximum atomic E-state index is 13.5. The topological polar surface area (TPSA) is 93.0 Å². The van der Waals surface area contributed by atoms with Crippen LogP contribution in [0.5, 0.6) is 0 Å². The molecular weight excluding hydrogens is 365 g/mol. The number of piperidine rings is 1. The summed E-state index contributed by atoms with van der Waals surface area (Å²) in [5.74, 6) is -0.583. The van der Waals surface area contributed by atoms with Gasteiger partial charge in [0.05, 0.1) is 10.9 Å². The van der Waals surface area contributed by atoms with Crippen molar-refractivity contribution in [3.8, 4) is 0 Å². The standard InChI is InChI=1S/C19H20FN5O3/c1-12(24-8-2-7-21-24)17(26)23-9-5-14(6-10-23)25-18(27)15-11-13(20)3-4-16(15)22-19(25)28/h2-4,7-8,11-12,14H,5-6,9-10H2,1H3,(H,22,28)/t12-/m1/s1. The summed E-state index contributed by atoms with van der Waals surface area (Å²) >= 11 is 0. The Morgan fingerprint density at radius 3 is 2.71 bits per heavy atom. The van der Waals surface area contributed by atoms with Crippen molar-refractivity contribution in [3.63, 3.8) is 0 Å². The predicted octanol–water partition coefficient (Wildman–Crippen LogP) is 1.45. The fraction of sp³-hybridized carbons (Fsp3) is 0.368. The molecule has 3 heterocycles. The Morgan fingerprint density at radius 1 is 1.29 bits per heavy atom. The Balaban J connectivity index is 1.55. The molecule has 1 atom stereocenters. The number of H-pyrrole nitrogens is 1. The number of aromatic amines is 1. The van der Waals surface area contributed by atoms with Gasteiger partial charge in [0.25, 0.3) is 5.56 Å². The van der Waals surface area contributed by atoms with Gasteiger partial charge in [0.15, 0.2) is 0 Å². The van der Waals surface area contributed by atoms with E-state index in [-0.39, 0.29) is 17.3 Å². The summed E-state index contributed by atoms with van der Waals surface area (Å²) in [6, 6.07) is 4.73. The van der Waals surface area contributed by atoms with Gasteiger partial charge in [0.1, 0.15) is 11.9 Å². The molecule has 9 heteroatoms. The van der Waals surface area contributed by atoms with Gasteiger partial charge in [0.2, 0.25) is 5.91 Å². The molecule has 0 unspecified atom stereocenters. The van der Waals surface area contributed by atoms with Crippen LogP contribution in [-0.2, 0) is 4.79 Å². The molecule has 1 N–H and O–H groups in total. The molecule has 0 bridgehead atoms. The monoisotopic (exact) mass is 385 g/mol. The second-order valence-electron chi connectivity index (χ2n) is 7.01. The van der Waals surface area contributed by atoms with E-state index in [1.807, 2.05) is 0 Å². The zero-order chi connectivity index (χ0) is 19.8. The van der Waals surface area contributed by atoms with Gasteiger partial charge in [-0.25, -0.2) is 9.18 Å². The molecule has 1 saturated heterocycles. The summed E-state index contributed by atoms with van der Waals surface area (Å²) in [5.41, 5.74) is -0.708. The molecule has 1 fully saturated rings. The Bertz CT molecular complexity index is 1130. The number of hydrogen-bond donors (Lipinski definition) is 1. The van der Waals surface area contributed by atoms with Crippen molar-refractivity contribution in [3.05, 3.63) is 63.3 Å². The van der Waals surface area contributed by atoms with Crippen molar-refractivity contribution in [2.75, 3.05) is 13.1 Å². The largest absolute Gasteiger partial charge is 0.341 e. The van der Waals surface area contributed by atoms with Crippen LogP contribution >= 0.6 is 0 Å².